The Bertz CT molecular complexity index is 242. The average Bonchev–Trinajstić information content (AvgIpc) is 2.45. The van der Waals surface area contributed by atoms with Crippen LogP contribution in [0.25, 0.3) is 0 Å². The third-order valence-electron chi connectivity index (χ3n) is 2.17. The lowest BCUT2D eigenvalue weighted by Crippen LogP contribution is -2.21. The summed E-state index contributed by atoms with van der Waals surface area (Å²) in [5.41, 5.74) is 0. The molecule has 126 valence electrons. The maximum atomic E-state index is 10.6. The van der Waals surface area contributed by atoms with Crippen molar-refractivity contribution >= 4 is 11.9 Å². The van der Waals surface area contributed by atoms with Gasteiger partial charge in [0.05, 0.1) is 38.6 Å². The van der Waals surface area contributed by atoms with E-state index < -0.39 is 11.9 Å². The molecule has 21 heavy (non-hydrogen) atoms. The number of methoxy groups -OCH3 is 1. The van der Waals surface area contributed by atoms with Crippen molar-refractivity contribution in [1.82, 2.24) is 0 Å². The SMILES string of the molecule is CCOC(=O)CC(=O)OCC.COC(C)COC(C)CO. The highest BCUT2D eigenvalue weighted by Gasteiger charge is 2.09. The lowest BCUT2D eigenvalue weighted by molar-refractivity contribution is -0.153. The molecule has 1 N–H and O–H groups in total. The predicted molar refractivity (Wildman–Crippen MR) is 76.9 cm³/mol. The number of carbonyl (C=O) groups is 2. The maximum Gasteiger partial charge on any atom is 0.317 e. The van der Waals surface area contributed by atoms with Crippen LogP contribution in [0, 0.1) is 0 Å². The molecule has 0 aromatic heterocycles. The van der Waals surface area contributed by atoms with Gasteiger partial charge in [-0.25, -0.2) is 0 Å². The number of carbonyl (C=O) groups excluding carboxylic acids is 2. The minimum atomic E-state index is -0.536. The minimum Gasteiger partial charge on any atom is -0.466 e. The van der Waals surface area contributed by atoms with E-state index in [0.29, 0.717) is 6.61 Å². The summed E-state index contributed by atoms with van der Waals surface area (Å²) in [5, 5.41) is 8.55. The van der Waals surface area contributed by atoms with Gasteiger partial charge in [0.2, 0.25) is 0 Å². The van der Waals surface area contributed by atoms with Gasteiger partial charge in [0.25, 0.3) is 0 Å². The summed E-state index contributed by atoms with van der Waals surface area (Å²) in [6.07, 6.45) is -0.270. The lowest BCUT2D eigenvalue weighted by Gasteiger charge is -2.13. The molecule has 0 aliphatic rings. The lowest BCUT2D eigenvalue weighted by atomic mass is 10.4. The van der Waals surface area contributed by atoms with Gasteiger partial charge in [0, 0.05) is 7.11 Å². The van der Waals surface area contributed by atoms with Crippen molar-refractivity contribution in [2.45, 2.75) is 46.3 Å². The van der Waals surface area contributed by atoms with Crippen LogP contribution in [-0.4, -0.2) is 62.8 Å². The van der Waals surface area contributed by atoms with E-state index in [1.54, 1.807) is 21.0 Å². The molecule has 0 aliphatic heterocycles. The van der Waals surface area contributed by atoms with Gasteiger partial charge in [-0.1, -0.05) is 0 Å². The van der Waals surface area contributed by atoms with Gasteiger partial charge in [-0.05, 0) is 27.7 Å². The molecule has 0 amide bonds. The summed E-state index contributed by atoms with van der Waals surface area (Å²) in [7, 11) is 1.64. The van der Waals surface area contributed by atoms with Crippen molar-refractivity contribution in [3.8, 4) is 0 Å². The number of rotatable bonds is 9. The first-order valence-electron chi connectivity index (χ1n) is 6.97. The van der Waals surface area contributed by atoms with E-state index in [0.717, 1.165) is 0 Å². The topological polar surface area (TPSA) is 91.3 Å². The van der Waals surface area contributed by atoms with Crippen LogP contribution in [0.5, 0.6) is 0 Å². The first-order valence-corrected chi connectivity index (χ1v) is 6.97. The molecule has 0 radical (unpaired) electrons. The number of hydrogen-bond donors (Lipinski definition) is 1. The zero-order valence-corrected chi connectivity index (χ0v) is 13.6. The largest absolute Gasteiger partial charge is 0.466 e. The molecular weight excluding hydrogens is 280 g/mol. The molecule has 0 aromatic rings. The number of aliphatic hydroxyl groups excluding tert-OH is 1. The Hall–Kier alpha value is -1.18. The number of hydrogen-bond acceptors (Lipinski definition) is 7. The van der Waals surface area contributed by atoms with Crippen LogP contribution in [0.3, 0.4) is 0 Å². The Morgan fingerprint density at radius 2 is 1.48 bits per heavy atom. The first kappa shape index (κ1) is 22.1. The van der Waals surface area contributed by atoms with E-state index >= 15 is 0 Å². The van der Waals surface area contributed by atoms with Crippen LogP contribution in [0.4, 0.5) is 0 Å². The van der Waals surface area contributed by atoms with Crippen molar-refractivity contribution in [2.24, 2.45) is 0 Å². The number of ether oxygens (including phenoxy) is 4. The second kappa shape index (κ2) is 15.2. The van der Waals surface area contributed by atoms with E-state index in [4.69, 9.17) is 14.6 Å². The van der Waals surface area contributed by atoms with E-state index in [1.807, 2.05) is 13.8 Å². The summed E-state index contributed by atoms with van der Waals surface area (Å²) in [5.74, 6) is -1.07. The second-order valence-electron chi connectivity index (χ2n) is 4.16. The van der Waals surface area contributed by atoms with Gasteiger partial charge < -0.3 is 24.1 Å². The summed E-state index contributed by atoms with van der Waals surface area (Å²) in [4.78, 5) is 21.2. The third-order valence-corrected chi connectivity index (χ3v) is 2.17. The van der Waals surface area contributed by atoms with Crippen LogP contribution in [0.1, 0.15) is 34.1 Å². The predicted octanol–water partition coefficient (Wildman–Crippen LogP) is 0.921. The molecule has 2 unspecified atom stereocenters. The number of esters is 2. The van der Waals surface area contributed by atoms with Crippen LogP contribution in [-0.2, 0) is 28.5 Å². The van der Waals surface area contributed by atoms with Crippen molar-refractivity contribution in [3.05, 3.63) is 0 Å². The third kappa shape index (κ3) is 16.8. The smallest absolute Gasteiger partial charge is 0.317 e. The standard InChI is InChI=1S/C7H12O4.C7H16O3/c1-3-10-6(8)5-7(9)11-4-2;1-6(4-8)10-5-7(2)9-3/h3-5H2,1-2H3;6-8H,4-5H2,1-3H3. The van der Waals surface area contributed by atoms with Gasteiger partial charge in [-0.15, -0.1) is 0 Å². The second-order valence-corrected chi connectivity index (χ2v) is 4.16. The summed E-state index contributed by atoms with van der Waals surface area (Å²) in [6, 6.07) is 0. The van der Waals surface area contributed by atoms with E-state index in [-0.39, 0.29) is 38.4 Å². The molecule has 0 aliphatic carbocycles. The van der Waals surface area contributed by atoms with Crippen LogP contribution in [0.2, 0.25) is 0 Å². The van der Waals surface area contributed by atoms with Crippen molar-refractivity contribution < 1.29 is 33.6 Å². The monoisotopic (exact) mass is 308 g/mol. The van der Waals surface area contributed by atoms with Crippen molar-refractivity contribution in [2.75, 3.05) is 33.5 Å². The highest BCUT2D eigenvalue weighted by Crippen LogP contribution is 1.93. The fraction of sp³-hybridized carbons (Fsp3) is 0.857. The zero-order chi connectivity index (χ0) is 16.7. The Balaban J connectivity index is 0. The quantitative estimate of drug-likeness (QED) is 0.500. The summed E-state index contributed by atoms with van der Waals surface area (Å²) in [6.45, 7) is 8.30. The molecule has 0 saturated carbocycles. The van der Waals surface area contributed by atoms with E-state index in [1.165, 1.54) is 0 Å². The highest BCUT2D eigenvalue weighted by atomic mass is 16.6. The molecule has 7 nitrogen and oxygen atoms in total. The molecule has 7 heteroatoms. The van der Waals surface area contributed by atoms with Crippen LogP contribution < -0.4 is 0 Å². The van der Waals surface area contributed by atoms with E-state index in [2.05, 4.69) is 9.47 Å². The van der Waals surface area contributed by atoms with Crippen LogP contribution in [0.15, 0.2) is 0 Å². The maximum absolute atomic E-state index is 10.6. The average molecular weight is 308 g/mol. The fourth-order valence-corrected chi connectivity index (χ4v) is 0.962. The van der Waals surface area contributed by atoms with Crippen molar-refractivity contribution in [3.63, 3.8) is 0 Å². The minimum absolute atomic E-state index is 0.0659. The van der Waals surface area contributed by atoms with Gasteiger partial charge in [-0.2, -0.15) is 0 Å². The molecule has 0 saturated heterocycles. The fourth-order valence-electron chi connectivity index (χ4n) is 0.962. The zero-order valence-electron chi connectivity index (χ0n) is 13.6. The highest BCUT2D eigenvalue weighted by molar-refractivity contribution is 5.91. The summed E-state index contributed by atoms with van der Waals surface area (Å²) < 4.78 is 19.1. The molecule has 0 fully saturated rings. The van der Waals surface area contributed by atoms with Gasteiger partial charge in [0.1, 0.15) is 6.42 Å². The molecule has 0 spiro atoms. The molecule has 0 rings (SSSR count). The Kier molecular flexibility index (Phi) is 16.0. The normalized spacial score (nSPS) is 12.7. The number of aliphatic hydroxyl groups is 1. The molecule has 2 atom stereocenters. The first-order chi connectivity index (χ1) is 9.90. The Morgan fingerprint density at radius 1 is 1.00 bits per heavy atom. The van der Waals surface area contributed by atoms with Gasteiger partial charge in [-0.3, -0.25) is 9.59 Å². The Morgan fingerprint density at radius 3 is 1.81 bits per heavy atom. The van der Waals surface area contributed by atoms with Crippen LogP contribution >= 0.6 is 0 Å². The molecule has 0 bridgehead atoms. The molecular formula is C14H28O7. The summed E-state index contributed by atoms with van der Waals surface area (Å²) >= 11 is 0. The molecule has 0 aromatic carbocycles. The Labute approximate surface area is 126 Å². The van der Waals surface area contributed by atoms with Gasteiger partial charge >= 0.3 is 11.9 Å². The van der Waals surface area contributed by atoms with Gasteiger partial charge in [0.15, 0.2) is 0 Å². The molecule has 0 heterocycles. The van der Waals surface area contributed by atoms with E-state index in [9.17, 15) is 9.59 Å². The van der Waals surface area contributed by atoms with Crippen molar-refractivity contribution in [1.29, 1.82) is 0 Å².